The van der Waals surface area contributed by atoms with Crippen molar-refractivity contribution < 1.29 is 0 Å². The van der Waals surface area contributed by atoms with E-state index in [4.69, 9.17) is 0 Å². The molecule has 1 saturated carbocycles. The van der Waals surface area contributed by atoms with E-state index < -0.39 is 0 Å². The topological polar surface area (TPSA) is 54.5 Å². The van der Waals surface area contributed by atoms with E-state index in [1.807, 2.05) is 0 Å². The monoisotopic (exact) mass is 270 g/mol. The minimum Gasteiger partial charge on any atom is -0.177 e. The molecule has 0 aliphatic heterocycles. The zero-order chi connectivity index (χ0) is 13.6. The third-order valence-electron chi connectivity index (χ3n) is 4.31. The van der Waals surface area contributed by atoms with Gasteiger partial charge in [0, 0.05) is 6.42 Å². The summed E-state index contributed by atoms with van der Waals surface area (Å²) in [6, 6.07) is 9.25. The van der Waals surface area contributed by atoms with E-state index in [1.54, 1.807) is 0 Å². The summed E-state index contributed by atoms with van der Waals surface area (Å²) in [5.41, 5.74) is 2.94. The van der Waals surface area contributed by atoms with Crippen molar-refractivity contribution in [2.24, 2.45) is 0 Å². The zero-order valence-electron chi connectivity index (χ0n) is 11.9. The van der Waals surface area contributed by atoms with Gasteiger partial charge in [-0.3, -0.25) is 0 Å². The van der Waals surface area contributed by atoms with E-state index in [0.717, 1.165) is 31.0 Å². The molecule has 3 rings (SSSR count). The lowest BCUT2D eigenvalue weighted by Gasteiger charge is -2.22. The van der Waals surface area contributed by atoms with Gasteiger partial charge in [-0.15, -0.1) is 10.2 Å². The molecule has 20 heavy (non-hydrogen) atoms. The lowest BCUT2D eigenvalue weighted by Crippen LogP contribution is -2.04. The smallest absolute Gasteiger partial charge is 0.174 e. The van der Waals surface area contributed by atoms with E-state index in [2.05, 4.69) is 44.9 Å². The van der Waals surface area contributed by atoms with E-state index in [9.17, 15) is 0 Å². The largest absolute Gasteiger partial charge is 0.177 e. The van der Waals surface area contributed by atoms with Crippen molar-refractivity contribution in [2.75, 3.05) is 0 Å². The number of benzene rings is 1. The van der Waals surface area contributed by atoms with Gasteiger partial charge >= 0.3 is 0 Å². The van der Waals surface area contributed by atoms with Crippen LogP contribution in [0.15, 0.2) is 24.3 Å². The van der Waals surface area contributed by atoms with Crippen LogP contribution in [0, 0.1) is 0 Å². The first-order chi connectivity index (χ1) is 9.92. The Kier molecular flexibility index (Phi) is 4.41. The molecule has 106 valence electrons. The molecule has 0 bridgehead atoms. The Morgan fingerprint density at radius 1 is 1.00 bits per heavy atom. The van der Waals surface area contributed by atoms with Crippen LogP contribution in [0.25, 0.3) is 0 Å². The van der Waals surface area contributed by atoms with Gasteiger partial charge in [-0.05, 0) is 42.7 Å². The molecule has 0 saturated heterocycles. The minimum atomic E-state index is 0.803. The molecule has 4 heteroatoms. The SMILES string of the molecule is c1cc(C2CCCCC2)ccc1CCCc1nn[nH]n1. The molecule has 0 spiro atoms. The first-order valence-corrected chi connectivity index (χ1v) is 7.73. The molecule has 0 atom stereocenters. The number of tetrazole rings is 1. The first-order valence-electron chi connectivity index (χ1n) is 7.73. The van der Waals surface area contributed by atoms with Crippen LogP contribution in [-0.4, -0.2) is 20.6 Å². The Hall–Kier alpha value is -1.71. The van der Waals surface area contributed by atoms with Crippen molar-refractivity contribution in [1.29, 1.82) is 0 Å². The standard InChI is InChI=1S/C16H22N4/c1-2-6-14(7-3-1)15-11-9-13(10-12-15)5-4-8-16-17-19-20-18-16/h9-12,14H,1-8H2,(H,17,18,19,20). The maximum absolute atomic E-state index is 3.98. The van der Waals surface area contributed by atoms with Crippen molar-refractivity contribution >= 4 is 0 Å². The van der Waals surface area contributed by atoms with E-state index >= 15 is 0 Å². The maximum Gasteiger partial charge on any atom is 0.174 e. The summed E-state index contributed by atoms with van der Waals surface area (Å²) < 4.78 is 0. The predicted molar refractivity (Wildman–Crippen MR) is 78.5 cm³/mol. The second-order valence-electron chi connectivity index (χ2n) is 5.76. The molecule has 0 radical (unpaired) electrons. The number of H-pyrrole nitrogens is 1. The number of aromatic nitrogens is 4. The van der Waals surface area contributed by atoms with E-state index in [1.165, 1.54) is 43.2 Å². The lowest BCUT2D eigenvalue weighted by atomic mass is 9.84. The number of aromatic amines is 1. The fraction of sp³-hybridized carbons (Fsp3) is 0.562. The predicted octanol–water partition coefficient (Wildman–Crippen LogP) is 3.42. The second kappa shape index (κ2) is 6.64. The molecule has 1 aromatic carbocycles. The molecule has 1 aliphatic carbocycles. The van der Waals surface area contributed by atoms with Crippen LogP contribution in [-0.2, 0) is 12.8 Å². The first kappa shape index (κ1) is 13.3. The molecule has 1 aromatic heterocycles. The van der Waals surface area contributed by atoms with Gasteiger partial charge in [0.05, 0.1) is 0 Å². The summed E-state index contributed by atoms with van der Waals surface area (Å²) in [5, 5.41) is 14.0. The summed E-state index contributed by atoms with van der Waals surface area (Å²) in [7, 11) is 0. The Morgan fingerprint density at radius 3 is 2.50 bits per heavy atom. The Labute approximate surface area is 120 Å². The molecule has 0 unspecified atom stereocenters. The van der Waals surface area contributed by atoms with Crippen LogP contribution in [0.1, 0.15) is 61.4 Å². The molecular weight excluding hydrogens is 248 g/mol. The molecule has 4 nitrogen and oxygen atoms in total. The highest BCUT2D eigenvalue weighted by Gasteiger charge is 2.14. The molecule has 2 aromatic rings. The van der Waals surface area contributed by atoms with Crippen molar-refractivity contribution in [1.82, 2.24) is 20.6 Å². The Bertz CT molecular complexity index is 498. The molecule has 1 N–H and O–H groups in total. The summed E-state index contributed by atoms with van der Waals surface area (Å²) in [5.74, 6) is 1.61. The highest BCUT2D eigenvalue weighted by Crippen LogP contribution is 2.32. The summed E-state index contributed by atoms with van der Waals surface area (Å²) in [6.45, 7) is 0. The fourth-order valence-electron chi connectivity index (χ4n) is 3.13. The molecule has 1 aliphatic rings. The minimum absolute atomic E-state index is 0.803. The van der Waals surface area contributed by atoms with Gasteiger partial charge in [0.15, 0.2) is 5.82 Å². The summed E-state index contributed by atoms with van der Waals surface area (Å²) in [4.78, 5) is 0. The van der Waals surface area contributed by atoms with Crippen molar-refractivity contribution in [2.45, 2.75) is 57.3 Å². The van der Waals surface area contributed by atoms with Gasteiger partial charge in [0.25, 0.3) is 0 Å². The van der Waals surface area contributed by atoms with Crippen molar-refractivity contribution in [3.05, 3.63) is 41.2 Å². The average molecular weight is 270 g/mol. The highest BCUT2D eigenvalue weighted by molar-refractivity contribution is 5.25. The van der Waals surface area contributed by atoms with Crippen LogP contribution >= 0.6 is 0 Å². The van der Waals surface area contributed by atoms with Crippen LogP contribution in [0.5, 0.6) is 0 Å². The van der Waals surface area contributed by atoms with Gasteiger partial charge in [0.1, 0.15) is 0 Å². The number of rotatable bonds is 5. The number of aryl methyl sites for hydroxylation is 2. The number of hydrogen-bond donors (Lipinski definition) is 1. The third-order valence-corrected chi connectivity index (χ3v) is 4.31. The summed E-state index contributed by atoms with van der Waals surface area (Å²) >= 11 is 0. The van der Waals surface area contributed by atoms with Gasteiger partial charge in [-0.25, -0.2) is 0 Å². The van der Waals surface area contributed by atoms with Crippen LogP contribution < -0.4 is 0 Å². The van der Waals surface area contributed by atoms with Gasteiger partial charge in [0.2, 0.25) is 0 Å². The zero-order valence-corrected chi connectivity index (χ0v) is 11.9. The molecule has 1 heterocycles. The van der Waals surface area contributed by atoms with Crippen molar-refractivity contribution in [3.8, 4) is 0 Å². The van der Waals surface area contributed by atoms with E-state index in [0.29, 0.717) is 0 Å². The van der Waals surface area contributed by atoms with Crippen LogP contribution in [0.2, 0.25) is 0 Å². The second-order valence-corrected chi connectivity index (χ2v) is 5.76. The summed E-state index contributed by atoms with van der Waals surface area (Å²) in [6.07, 6.45) is 10.0. The number of hydrogen-bond acceptors (Lipinski definition) is 3. The third kappa shape index (κ3) is 3.44. The van der Waals surface area contributed by atoms with Gasteiger partial charge in [-0.2, -0.15) is 5.21 Å². The van der Waals surface area contributed by atoms with Gasteiger partial charge in [-0.1, -0.05) is 48.7 Å². The van der Waals surface area contributed by atoms with Crippen LogP contribution in [0.4, 0.5) is 0 Å². The van der Waals surface area contributed by atoms with Crippen LogP contribution in [0.3, 0.4) is 0 Å². The molecular formula is C16H22N4. The normalized spacial score (nSPS) is 16.4. The lowest BCUT2D eigenvalue weighted by molar-refractivity contribution is 0.443. The Balaban J connectivity index is 1.50. The molecule has 1 fully saturated rings. The fourth-order valence-corrected chi connectivity index (χ4v) is 3.13. The van der Waals surface area contributed by atoms with Gasteiger partial charge < -0.3 is 0 Å². The maximum atomic E-state index is 3.98. The van der Waals surface area contributed by atoms with E-state index in [-0.39, 0.29) is 0 Å². The quantitative estimate of drug-likeness (QED) is 0.905. The average Bonchev–Trinajstić information content (AvgIpc) is 3.02. The molecule has 0 amide bonds. The highest BCUT2D eigenvalue weighted by atomic mass is 15.5. The number of nitrogens with zero attached hydrogens (tertiary/aromatic N) is 3. The number of nitrogens with one attached hydrogen (secondary N) is 1. The van der Waals surface area contributed by atoms with Crippen molar-refractivity contribution in [3.63, 3.8) is 0 Å². The Morgan fingerprint density at radius 2 is 1.80 bits per heavy atom.